The fourth-order valence-electron chi connectivity index (χ4n) is 1.38. The van der Waals surface area contributed by atoms with Crippen molar-refractivity contribution in [1.29, 1.82) is 0 Å². The number of carbonyl (C=O) groups is 1. The standard InChI is InChI=1S/C11H11NO3/c1-2-9(7-8-13)10-5-3-4-6-11(10)12(14)15/h3-8H,2H2,1H3. The Labute approximate surface area is 87.4 Å². The Kier molecular flexibility index (Phi) is 3.74. The highest BCUT2D eigenvalue weighted by atomic mass is 16.6. The molecule has 78 valence electrons. The summed E-state index contributed by atoms with van der Waals surface area (Å²) in [4.78, 5) is 20.7. The number of aldehydes is 1. The van der Waals surface area contributed by atoms with Gasteiger partial charge in [-0.15, -0.1) is 0 Å². The van der Waals surface area contributed by atoms with Gasteiger partial charge in [0.2, 0.25) is 0 Å². The molecule has 0 aromatic heterocycles. The van der Waals surface area contributed by atoms with E-state index in [-0.39, 0.29) is 5.69 Å². The van der Waals surface area contributed by atoms with E-state index in [1.165, 1.54) is 12.1 Å². The highest BCUT2D eigenvalue weighted by Gasteiger charge is 2.14. The van der Waals surface area contributed by atoms with Crippen LogP contribution in [0, 0.1) is 10.1 Å². The van der Waals surface area contributed by atoms with Crippen molar-refractivity contribution in [3.05, 3.63) is 46.0 Å². The SMILES string of the molecule is CCC(=CC=O)c1ccccc1[N+](=O)[O-]. The third-order valence-corrected chi connectivity index (χ3v) is 2.10. The van der Waals surface area contributed by atoms with Crippen molar-refractivity contribution >= 4 is 17.5 Å². The maximum atomic E-state index is 10.7. The number of allylic oxidation sites excluding steroid dienone is 2. The summed E-state index contributed by atoms with van der Waals surface area (Å²) in [6, 6.07) is 6.41. The lowest BCUT2D eigenvalue weighted by molar-refractivity contribution is -0.385. The van der Waals surface area contributed by atoms with Gasteiger partial charge in [0.15, 0.2) is 0 Å². The molecule has 4 heteroatoms. The molecule has 0 unspecified atom stereocenters. The van der Waals surface area contributed by atoms with Crippen LogP contribution in [0.15, 0.2) is 30.3 Å². The molecule has 0 radical (unpaired) electrons. The van der Waals surface area contributed by atoms with Gasteiger partial charge in [0.05, 0.1) is 10.5 Å². The lowest BCUT2D eigenvalue weighted by Crippen LogP contribution is -1.94. The average molecular weight is 205 g/mol. The molecule has 0 aliphatic rings. The second kappa shape index (κ2) is 5.05. The van der Waals surface area contributed by atoms with Crippen LogP contribution in [0.5, 0.6) is 0 Å². The molecule has 0 fully saturated rings. The quantitative estimate of drug-likeness (QED) is 0.328. The first-order valence-electron chi connectivity index (χ1n) is 4.58. The van der Waals surface area contributed by atoms with E-state index in [9.17, 15) is 14.9 Å². The first kappa shape index (κ1) is 11.1. The largest absolute Gasteiger partial charge is 0.299 e. The topological polar surface area (TPSA) is 60.2 Å². The molecule has 15 heavy (non-hydrogen) atoms. The molecule has 0 saturated carbocycles. The van der Waals surface area contributed by atoms with Crippen molar-refractivity contribution in [2.75, 3.05) is 0 Å². The maximum Gasteiger partial charge on any atom is 0.276 e. The number of carbonyl (C=O) groups excluding carboxylic acids is 1. The van der Waals surface area contributed by atoms with E-state index >= 15 is 0 Å². The Morgan fingerprint density at radius 3 is 2.67 bits per heavy atom. The number of nitrogens with zero attached hydrogens (tertiary/aromatic N) is 1. The van der Waals surface area contributed by atoms with Crippen molar-refractivity contribution in [3.63, 3.8) is 0 Å². The third kappa shape index (κ3) is 2.49. The van der Waals surface area contributed by atoms with Crippen LogP contribution < -0.4 is 0 Å². The molecule has 0 amide bonds. The van der Waals surface area contributed by atoms with Crippen LogP contribution in [0.3, 0.4) is 0 Å². The van der Waals surface area contributed by atoms with E-state index < -0.39 is 4.92 Å². The monoisotopic (exact) mass is 205 g/mol. The predicted octanol–water partition coefficient (Wildman–Crippen LogP) is 2.59. The van der Waals surface area contributed by atoms with Gasteiger partial charge >= 0.3 is 0 Å². The number of rotatable bonds is 4. The van der Waals surface area contributed by atoms with Gasteiger partial charge < -0.3 is 0 Å². The zero-order valence-electron chi connectivity index (χ0n) is 8.34. The Hall–Kier alpha value is -1.97. The molecule has 0 atom stereocenters. The fraction of sp³-hybridized carbons (Fsp3) is 0.182. The minimum atomic E-state index is -0.441. The predicted molar refractivity (Wildman–Crippen MR) is 57.4 cm³/mol. The van der Waals surface area contributed by atoms with Crippen LogP contribution in [-0.2, 0) is 4.79 Å². The van der Waals surface area contributed by atoms with Gasteiger partial charge in [0, 0.05) is 6.07 Å². The molecule has 0 aliphatic carbocycles. The highest BCUT2D eigenvalue weighted by molar-refractivity contribution is 5.84. The summed E-state index contributed by atoms with van der Waals surface area (Å²) in [6.45, 7) is 1.85. The van der Waals surface area contributed by atoms with Crippen molar-refractivity contribution in [3.8, 4) is 0 Å². The van der Waals surface area contributed by atoms with E-state index in [1.54, 1.807) is 18.2 Å². The van der Waals surface area contributed by atoms with Crippen LogP contribution in [0.2, 0.25) is 0 Å². The lowest BCUT2D eigenvalue weighted by atomic mass is 10.0. The summed E-state index contributed by atoms with van der Waals surface area (Å²) >= 11 is 0. The number of benzene rings is 1. The second-order valence-electron chi connectivity index (χ2n) is 2.96. The van der Waals surface area contributed by atoms with E-state index in [4.69, 9.17) is 0 Å². The van der Waals surface area contributed by atoms with Crippen LogP contribution in [0.1, 0.15) is 18.9 Å². The van der Waals surface area contributed by atoms with Crippen molar-refractivity contribution < 1.29 is 9.72 Å². The van der Waals surface area contributed by atoms with E-state index in [1.807, 2.05) is 6.92 Å². The first-order valence-corrected chi connectivity index (χ1v) is 4.58. The van der Waals surface area contributed by atoms with Crippen molar-refractivity contribution in [2.45, 2.75) is 13.3 Å². The summed E-state index contributed by atoms with van der Waals surface area (Å²) in [6.07, 6.45) is 2.60. The number of nitro benzene ring substituents is 1. The highest BCUT2D eigenvalue weighted by Crippen LogP contribution is 2.27. The smallest absolute Gasteiger partial charge is 0.276 e. The molecule has 0 spiro atoms. The van der Waals surface area contributed by atoms with Crippen LogP contribution >= 0.6 is 0 Å². The molecule has 1 aromatic carbocycles. The van der Waals surface area contributed by atoms with Gasteiger partial charge in [-0.3, -0.25) is 14.9 Å². The van der Waals surface area contributed by atoms with Gasteiger partial charge in [0.25, 0.3) is 5.69 Å². The minimum absolute atomic E-state index is 0.0347. The number of para-hydroxylation sites is 1. The van der Waals surface area contributed by atoms with Crippen LogP contribution in [-0.4, -0.2) is 11.2 Å². The van der Waals surface area contributed by atoms with Gasteiger partial charge in [-0.05, 0) is 24.1 Å². The van der Waals surface area contributed by atoms with Gasteiger partial charge in [0.1, 0.15) is 6.29 Å². The molecule has 0 heterocycles. The van der Waals surface area contributed by atoms with Crippen LogP contribution in [0.25, 0.3) is 5.57 Å². The van der Waals surface area contributed by atoms with Gasteiger partial charge in [-0.25, -0.2) is 0 Å². The van der Waals surface area contributed by atoms with E-state index in [0.29, 0.717) is 23.8 Å². The summed E-state index contributed by atoms with van der Waals surface area (Å²) in [5, 5.41) is 10.7. The Balaban J connectivity index is 3.28. The van der Waals surface area contributed by atoms with E-state index in [2.05, 4.69) is 0 Å². The number of hydrogen-bond acceptors (Lipinski definition) is 3. The van der Waals surface area contributed by atoms with E-state index in [0.717, 1.165) is 0 Å². The first-order chi connectivity index (χ1) is 7.20. The molecular weight excluding hydrogens is 194 g/mol. The molecule has 1 aromatic rings. The summed E-state index contributed by atoms with van der Waals surface area (Å²) in [5.41, 5.74) is 1.22. The second-order valence-corrected chi connectivity index (χ2v) is 2.96. The summed E-state index contributed by atoms with van der Waals surface area (Å²) in [7, 11) is 0. The zero-order valence-corrected chi connectivity index (χ0v) is 8.34. The fourth-order valence-corrected chi connectivity index (χ4v) is 1.38. The zero-order chi connectivity index (χ0) is 11.3. The molecule has 1 rings (SSSR count). The molecule has 0 bridgehead atoms. The molecule has 0 saturated heterocycles. The molecule has 0 N–H and O–H groups in total. The van der Waals surface area contributed by atoms with Gasteiger partial charge in [-0.2, -0.15) is 0 Å². The average Bonchev–Trinajstić information content (AvgIpc) is 2.26. The molecular formula is C11H11NO3. The Morgan fingerprint density at radius 2 is 2.13 bits per heavy atom. The Morgan fingerprint density at radius 1 is 1.47 bits per heavy atom. The summed E-state index contributed by atoms with van der Waals surface area (Å²) < 4.78 is 0. The van der Waals surface area contributed by atoms with Gasteiger partial charge in [-0.1, -0.05) is 19.1 Å². The van der Waals surface area contributed by atoms with Crippen molar-refractivity contribution in [2.24, 2.45) is 0 Å². The minimum Gasteiger partial charge on any atom is -0.299 e. The lowest BCUT2D eigenvalue weighted by Gasteiger charge is -2.03. The normalized spacial score (nSPS) is 11.1. The van der Waals surface area contributed by atoms with Crippen molar-refractivity contribution in [1.82, 2.24) is 0 Å². The number of nitro groups is 1. The third-order valence-electron chi connectivity index (χ3n) is 2.10. The summed E-state index contributed by atoms with van der Waals surface area (Å²) in [5.74, 6) is 0. The number of hydrogen-bond donors (Lipinski definition) is 0. The maximum absolute atomic E-state index is 10.7. The Bertz CT molecular complexity index is 410. The molecule has 0 aliphatic heterocycles. The molecule has 4 nitrogen and oxygen atoms in total. The van der Waals surface area contributed by atoms with Crippen LogP contribution in [0.4, 0.5) is 5.69 Å².